The molecule has 0 atom stereocenters. The lowest BCUT2D eigenvalue weighted by molar-refractivity contribution is 0.661. The summed E-state index contributed by atoms with van der Waals surface area (Å²) in [6.45, 7) is 4.66. The molecule has 2 heterocycles. The summed E-state index contributed by atoms with van der Waals surface area (Å²) in [4.78, 5) is 8.93. The van der Waals surface area contributed by atoms with Crippen LogP contribution in [0.2, 0.25) is 0 Å². The van der Waals surface area contributed by atoms with Crippen LogP contribution in [0.5, 0.6) is 0 Å². The summed E-state index contributed by atoms with van der Waals surface area (Å²) in [7, 11) is 0. The Labute approximate surface area is 186 Å². The molecule has 152 valence electrons. The van der Waals surface area contributed by atoms with Crippen LogP contribution in [0.15, 0.2) is 91.4 Å². The van der Waals surface area contributed by atoms with E-state index in [2.05, 4.69) is 101 Å². The molecule has 0 saturated heterocycles. The lowest BCUT2D eigenvalue weighted by Gasteiger charge is -2.21. The number of aromatic nitrogens is 3. The Bertz CT molecular complexity index is 1690. The van der Waals surface area contributed by atoms with Crippen molar-refractivity contribution in [2.24, 2.45) is 0 Å². The molecule has 0 saturated carbocycles. The molecule has 32 heavy (non-hydrogen) atoms. The Kier molecular flexibility index (Phi) is 3.34. The predicted octanol–water partition coefficient (Wildman–Crippen LogP) is 7.03. The van der Waals surface area contributed by atoms with Crippen molar-refractivity contribution >= 4 is 32.6 Å². The molecule has 3 nitrogen and oxygen atoms in total. The molecule has 1 aliphatic rings. The second-order valence-corrected chi connectivity index (χ2v) is 9.20. The minimum Gasteiger partial charge on any atom is -0.292 e. The van der Waals surface area contributed by atoms with Crippen LogP contribution in [-0.4, -0.2) is 14.5 Å². The Morgan fingerprint density at radius 2 is 1.50 bits per heavy atom. The maximum absolute atomic E-state index is 4.61. The molecule has 6 aromatic rings. The lowest BCUT2D eigenvalue weighted by Crippen LogP contribution is -2.14. The maximum Gasteiger partial charge on any atom is 0.156 e. The Morgan fingerprint density at radius 1 is 0.688 bits per heavy atom. The van der Waals surface area contributed by atoms with Gasteiger partial charge in [-0.1, -0.05) is 56.3 Å². The smallest absolute Gasteiger partial charge is 0.156 e. The SMILES string of the molecule is CC1(C)c2ccccc2-c2cc3cc4c5ccccc5n(-c5cnccn5)c4cc3cc21. The summed E-state index contributed by atoms with van der Waals surface area (Å²) in [6, 6.07) is 26.8. The van der Waals surface area contributed by atoms with Crippen molar-refractivity contribution in [3.05, 3.63) is 103 Å². The number of benzene rings is 4. The monoisotopic (exact) mass is 411 g/mol. The van der Waals surface area contributed by atoms with E-state index in [-0.39, 0.29) is 5.41 Å². The number of hydrogen-bond acceptors (Lipinski definition) is 2. The standard InChI is InChI=1S/C29H21N3/c1-29(2)24-9-5-3-7-20(24)22-13-18-14-23-21-8-4-6-10-26(21)32(28-17-30-11-12-31-28)27(23)16-19(18)15-25(22)29/h3-17H,1-2H3. The molecule has 0 spiro atoms. The summed E-state index contributed by atoms with van der Waals surface area (Å²) < 4.78 is 2.23. The minimum absolute atomic E-state index is 0.00726. The number of hydrogen-bond donors (Lipinski definition) is 0. The highest BCUT2D eigenvalue weighted by atomic mass is 15.1. The van der Waals surface area contributed by atoms with Crippen LogP contribution < -0.4 is 0 Å². The first-order valence-electron chi connectivity index (χ1n) is 11.0. The average molecular weight is 412 g/mol. The molecule has 0 bridgehead atoms. The quantitative estimate of drug-likeness (QED) is 0.291. The topological polar surface area (TPSA) is 30.7 Å². The zero-order chi connectivity index (χ0) is 21.4. The summed E-state index contributed by atoms with van der Waals surface area (Å²) in [5.74, 6) is 0.840. The molecule has 7 rings (SSSR count). The highest BCUT2D eigenvalue weighted by molar-refractivity contribution is 6.14. The van der Waals surface area contributed by atoms with E-state index in [9.17, 15) is 0 Å². The van der Waals surface area contributed by atoms with E-state index in [0.29, 0.717) is 0 Å². The fourth-order valence-corrected chi connectivity index (χ4v) is 5.57. The summed E-state index contributed by atoms with van der Waals surface area (Å²) >= 11 is 0. The van der Waals surface area contributed by atoms with Crippen LogP contribution in [0.25, 0.3) is 49.5 Å². The third-order valence-corrected chi connectivity index (χ3v) is 7.11. The molecule has 1 aliphatic carbocycles. The van der Waals surface area contributed by atoms with Crippen LogP contribution >= 0.6 is 0 Å². The predicted molar refractivity (Wildman–Crippen MR) is 131 cm³/mol. The minimum atomic E-state index is -0.00726. The van der Waals surface area contributed by atoms with Crippen LogP contribution in [0.3, 0.4) is 0 Å². The van der Waals surface area contributed by atoms with Crippen molar-refractivity contribution in [3.63, 3.8) is 0 Å². The van der Waals surface area contributed by atoms with Gasteiger partial charge < -0.3 is 0 Å². The number of para-hydroxylation sites is 1. The zero-order valence-corrected chi connectivity index (χ0v) is 18.0. The number of fused-ring (bicyclic) bond motifs is 7. The molecular formula is C29H21N3. The number of rotatable bonds is 1. The fraction of sp³-hybridized carbons (Fsp3) is 0.103. The zero-order valence-electron chi connectivity index (χ0n) is 18.0. The molecule has 2 aromatic heterocycles. The van der Waals surface area contributed by atoms with Gasteiger partial charge in [0.15, 0.2) is 5.82 Å². The van der Waals surface area contributed by atoms with E-state index >= 15 is 0 Å². The lowest BCUT2D eigenvalue weighted by atomic mass is 9.82. The van der Waals surface area contributed by atoms with Crippen molar-refractivity contribution in [1.29, 1.82) is 0 Å². The van der Waals surface area contributed by atoms with Crippen molar-refractivity contribution in [3.8, 4) is 16.9 Å². The highest BCUT2D eigenvalue weighted by Gasteiger charge is 2.35. The van der Waals surface area contributed by atoms with Gasteiger partial charge in [-0.15, -0.1) is 0 Å². The molecule has 0 aliphatic heterocycles. The third-order valence-electron chi connectivity index (χ3n) is 7.11. The van der Waals surface area contributed by atoms with Gasteiger partial charge >= 0.3 is 0 Å². The van der Waals surface area contributed by atoms with Crippen LogP contribution in [0, 0.1) is 0 Å². The molecule has 0 N–H and O–H groups in total. The van der Waals surface area contributed by atoms with E-state index in [4.69, 9.17) is 0 Å². The molecule has 0 fully saturated rings. The van der Waals surface area contributed by atoms with Gasteiger partial charge in [-0.3, -0.25) is 9.55 Å². The first-order valence-corrected chi connectivity index (χ1v) is 11.0. The molecular weight excluding hydrogens is 390 g/mol. The van der Waals surface area contributed by atoms with Gasteiger partial charge in [0.2, 0.25) is 0 Å². The average Bonchev–Trinajstić information content (AvgIpc) is 3.26. The van der Waals surface area contributed by atoms with Crippen molar-refractivity contribution in [2.75, 3.05) is 0 Å². The maximum atomic E-state index is 4.61. The van der Waals surface area contributed by atoms with Crippen LogP contribution in [0.4, 0.5) is 0 Å². The first kappa shape index (κ1) is 17.7. The molecule has 3 heteroatoms. The van der Waals surface area contributed by atoms with Crippen molar-refractivity contribution in [1.82, 2.24) is 14.5 Å². The fourth-order valence-electron chi connectivity index (χ4n) is 5.57. The Morgan fingerprint density at radius 3 is 2.38 bits per heavy atom. The van der Waals surface area contributed by atoms with Gasteiger partial charge in [0, 0.05) is 28.6 Å². The van der Waals surface area contributed by atoms with E-state index in [1.54, 1.807) is 12.4 Å². The van der Waals surface area contributed by atoms with Crippen molar-refractivity contribution in [2.45, 2.75) is 19.3 Å². The second-order valence-electron chi connectivity index (χ2n) is 9.20. The van der Waals surface area contributed by atoms with Gasteiger partial charge in [-0.2, -0.15) is 0 Å². The summed E-state index contributed by atoms with van der Waals surface area (Å²) in [5.41, 5.74) is 7.82. The van der Waals surface area contributed by atoms with Crippen LogP contribution in [0.1, 0.15) is 25.0 Å². The Hall–Kier alpha value is -3.98. The van der Waals surface area contributed by atoms with E-state index in [1.807, 2.05) is 6.20 Å². The van der Waals surface area contributed by atoms with Gasteiger partial charge in [0.1, 0.15) is 0 Å². The third kappa shape index (κ3) is 2.20. The second kappa shape index (κ2) is 6.04. The molecule has 0 radical (unpaired) electrons. The Balaban J connectivity index is 1.61. The molecule has 0 unspecified atom stereocenters. The summed E-state index contributed by atoms with van der Waals surface area (Å²) in [5, 5.41) is 5.00. The van der Waals surface area contributed by atoms with E-state index in [1.165, 1.54) is 43.8 Å². The first-order chi connectivity index (χ1) is 15.6. The molecule has 4 aromatic carbocycles. The van der Waals surface area contributed by atoms with E-state index in [0.717, 1.165) is 16.9 Å². The van der Waals surface area contributed by atoms with Crippen LogP contribution in [-0.2, 0) is 5.41 Å². The normalized spacial score (nSPS) is 14.2. The highest BCUT2D eigenvalue weighted by Crippen LogP contribution is 2.50. The number of nitrogens with zero attached hydrogens (tertiary/aromatic N) is 3. The van der Waals surface area contributed by atoms with Gasteiger partial charge in [0.05, 0.1) is 17.2 Å². The molecule has 0 amide bonds. The van der Waals surface area contributed by atoms with Gasteiger partial charge in [-0.05, 0) is 63.4 Å². The van der Waals surface area contributed by atoms with E-state index < -0.39 is 0 Å². The van der Waals surface area contributed by atoms with Gasteiger partial charge in [0.25, 0.3) is 0 Å². The summed E-state index contributed by atoms with van der Waals surface area (Å²) in [6.07, 6.45) is 5.30. The van der Waals surface area contributed by atoms with Crippen molar-refractivity contribution < 1.29 is 0 Å². The largest absolute Gasteiger partial charge is 0.292 e. The van der Waals surface area contributed by atoms with Gasteiger partial charge in [-0.25, -0.2) is 4.98 Å².